The molecular weight excluding hydrogens is 466 g/mol. The first kappa shape index (κ1) is 21.0. The van der Waals surface area contributed by atoms with E-state index in [0.717, 1.165) is 27.8 Å². The molecule has 5 N–H and O–H groups in total. The van der Waals surface area contributed by atoms with Gasteiger partial charge in [-0.1, -0.05) is 15.7 Å². The van der Waals surface area contributed by atoms with Crippen LogP contribution in [0.25, 0.3) is 6.08 Å². The van der Waals surface area contributed by atoms with Crippen LogP contribution >= 0.6 is 34.6 Å². The molecule has 2 atom stereocenters. The van der Waals surface area contributed by atoms with Crippen LogP contribution in [-0.4, -0.2) is 70.4 Å². The standard InChI is InChI=1S/C16H13N7O5S3/c17-16-18-8(5-30-16)9(21-28)12(24)19-10-13(25)23-11(15(26)27)6(3-29-14(10)23)1-2-7-4-31-22-20-7/h1-2,4-5,10,14,28H,3H2,(H2,17,18)(H,19,24)(H,26,27)/b2-1-,21-9-/t10?,14-/m1/s1. The number of aliphatic carboxylic acids is 1. The van der Waals surface area contributed by atoms with Crippen LogP contribution in [0.4, 0.5) is 5.13 Å². The lowest BCUT2D eigenvalue weighted by atomic mass is 10.0. The molecule has 15 heteroatoms. The average Bonchev–Trinajstić information content (AvgIpc) is 3.42. The van der Waals surface area contributed by atoms with Gasteiger partial charge in [-0.3, -0.25) is 14.5 Å². The zero-order chi connectivity index (χ0) is 22.1. The molecule has 0 spiro atoms. The number of nitrogens with two attached hydrogens (primary N) is 1. The molecular formula is C16H13N7O5S3. The highest BCUT2D eigenvalue weighted by Crippen LogP contribution is 2.40. The molecule has 12 nitrogen and oxygen atoms in total. The minimum Gasteiger partial charge on any atom is -0.477 e. The molecule has 0 saturated carbocycles. The summed E-state index contributed by atoms with van der Waals surface area (Å²) in [7, 11) is 0. The first-order valence-corrected chi connectivity index (χ1v) is 11.3. The number of hydrogen-bond donors (Lipinski definition) is 4. The quantitative estimate of drug-likeness (QED) is 0.193. The Balaban J connectivity index is 1.52. The molecule has 2 aliphatic rings. The number of fused-ring (bicyclic) bond motifs is 1. The van der Waals surface area contributed by atoms with Gasteiger partial charge in [0.2, 0.25) is 0 Å². The fourth-order valence-corrected chi connectivity index (χ4v) is 5.31. The number of carboxylic acids is 1. The predicted octanol–water partition coefficient (Wildman–Crippen LogP) is 0.207. The Bertz CT molecular complexity index is 1140. The Labute approximate surface area is 186 Å². The van der Waals surface area contributed by atoms with Crippen LogP contribution in [0, 0.1) is 0 Å². The minimum atomic E-state index is -1.25. The maximum Gasteiger partial charge on any atom is 0.352 e. The summed E-state index contributed by atoms with van der Waals surface area (Å²) in [6.45, 7) is 0. The molecule has 0 aliphatic carbocycles. The number of anilines is 1. The monoisotopic (exact) mass is 479 g/mol. The molecule has 2 aliphatic heterocycles. The summed E-state index contributed by atoms with van der Waals surface area (Å²) in [4.78, 5) is 42.1. The van der Waals surface area contributed by atoms with Crippen molar-refractivity contribution >= 4 is 69.3 Å². The highest BCUT2D eigenvalue weighted by molar-refractivity contribution is 8.00. The van der Waals surface area contributed by atoms with E-state index in [9.17, 15) is 24.7 Å². The Kier molecular flexibility index (Phi) is 5.71. The third-order valence-electron chi connectivity index (χ3n) is 4.40. The lowest BCUT2D eigenvalue weighted by Crippen LogP contribution is -2.71. The van der Waals surface area contributed by atoms with E-state index in [1.807, 2.05) is 0 Å². The van der Waals surface area contributed by atoms with Gasteiger partial charge in [0, 0.05) is 16.5 Å². The zero-order valence-electron chi connectivity index (χ0n) is 15.3. The molecule has 0 radical (unpaired) electrons. The lowest BCUT2D eigenvalue weighted by molar-refractivity contribution is -0.150. The molecule has 2 aromatic rings. The van der Waals surface area contributed by atoms with E-state index in [0.29, 0.717) is 17.0 Å². The molecule has 160 valence electrons. The molecule has 2 amide bonds. The number of carbonyl (C=O) groups excluding carboxylic acids is 2. The second-order valence-corrected chi connectivity index (χ2v) is 8.83. The van der Waals surface area contributed by atoms with Gasteiger partial charge < -0.3 is 21.4 Å². The predicted molar refractivity (Wildman–Crippen MR) is 113 cm³/mol. The first-order chi connectivity index (χ1) is 14.9. The van der Waals surface area contributed by atoms with Crippen LogP contribution in [0.5, 0.6) is 0 Å². The number of thiazole rings is 1. The summed E-state index contributed by atoms with van der Waals surface area (Å²) in [5.74, 6) is -2.36. The average molecular weight is 480 g/mol. The topological polar surface area (TPSA) is 184 Å². The highest BCUT2D eigenvalue weighted by Gasteiger charge is 2.54. The van der Waals surface area contributed by atoms with E-state index in [1.165, 1.54) is 17.1 Å². The molecule has 1 fully saturated rings. The number of carboxylic acid groups (broad SMARTS) is 1. The van der Waals surface area contributed by atoms with Crippen molar-refractivity contribution in [2.24, 2.45) is 5.16 Å². The second kappa shape index (κ2) is 8.44. The Morgan fingerprint density at radius 3 is 2.77 bits per heavy atom. The molecule has 2 aromatic heterocycles. The lowest BCUT2D eigenvalue weighted by Gasteiger charge is -2.49. The molecule has 31 heavy (non-hydrogen) atoms. The van der Waals surface area contributed by atoms with Crippen LogP contribution in [-0.2, 0) is 14.4 Å². The normalized spacial score (nSPS) is 21.2. The number of allylic oxidation sites excluding steroid dienone is 1. The van der Waals surface area contributed by atoms with Gasteiger partial charge >= 0.3 is 5.97 Å². The number of nitrogens with zero attached hydrogens (tertiary/aromatic N) is 5. The molecule has 4 rings (SSSR count). The van der Waals surface area contributed by atoms with Gasteiger partial charge in [0.05, 0.1) is 5.69 Å². The maximum atomic E-state index is 12.7. The smallest absolute Gasteiger partial charge is 0.352 e. The molecule has 1 saturated heterocycles. The third-order valence-corrected chi connectivity index (χ3v) is 6.90. The number of aromatic nitrogens is 3. The van der Waals surface area contributed by atoms with Gasteiger partial charge in [-0.15, -0.1) is 28.2 Å². The van der Waals surface area contributed by atoms with E-state index < -0.39 is 34.9 Å². The van der Waals surface area contributed by atoms with E-state index in [-0.39, 0.29) is 16.5 Å². The summed E-state index contributed by atoms with van der Waals surface area (Å²) in [5.41, 5.74) is 6.07. The van der Waals surface area contributed by atoms with Crippen molar-refractivity contribution in [1.82, 2.24) is 24.8 Å². The van der Waals surface area contributed by atoms with Crippen LogP contribution in [0.15, 0.2) is 33.3 Å². The van der Waals surface area contributed by atoms with Crippen molar-refractivity contribution in [3.63, 3.8) is 0 Å². The Morgan fingerprint density at radius 1 is 1.35 bits per heavy atom. The third kappa shape index (κ3) is 3.89. The zero-order valence-corrected chi connectivity index (χ0v) is 17.8. The summed E-state index contributed by atoms with van der Waals surface area (Å²) < 4.78 is 3.73. The van der Waals surface area contributed by atoms with Gasteiger partial charge in [-0.25, -0.2) is 9.78 Å². The first-order valence-electron chi connectivity index (χ1n) is 8.51. The van der Waals surface area contributed by atoms with Gasteiger partial charge in [-0.2, -0.15) is 0 Å². The van der Waals surface area contributed by atoms with Crippen molar-refractivity contribution in [3.8, 4) is 0 Å². The van der Waals surface area contributed by atoms with E-state index in [2.05, 4.69) is 25.0 Å². The number of thioether (sulfide) groups is 1. The summed E-state index contributed by atoms with van der Waals surface area (Å²) in [6.07, 6.45) is 3.21. The van der Waals surface area contributed by atoms with Crippen molar-refractivity contribution in [2.75, 3.05) is 11.5 Å². The SMILES string of the molecule is Nc1nc(/C(=N/O)C(=O)NC2C(=O)N3C(C(=O)O)=C(/C=C\c4csnn4)CS[C@H]23)cs1. The molecule has 0 bridgehead atoms. The van der Waals surface area contributed by atoms with Crippen molar-refractivity contribution in [3.05, 3.63) is 39.5 Å². The van der Waals surface area contributed by atoms with Crippen molar-refractivity contribution < 1.29 is 24.7 Å². The van der Waals surface area contributed by atoms with Gasteiger partial charge in [-0.05, 0) is 23.2 Å². The number of oxime groups is 1. The van der Waals surface area contributed by atoms with E-state index >= 15 is 0 Å². The fraction of sp³-hybridized carbons (Fsp3) is 0.188. The number of β-lactam (4-membered cyclic amide) rings is 1. The fourth-order valence-electron chi connectivity index (χ4n) is 3.02. The summed E-state index contributed by atoms with van der Waals surface area (Å²) in [6, 6.07) is -0.979. The Hall–Kier alpha value is -3.30. The summed E-state index contributed by atoms with van der Waals surface area (Å²) >= 11 is 3.52. The Morgan fingerprint density at radius 2 is 2.16 bits per heavy atom. The largest absolute Gasteiger partial charge is 0.477 e. The second-order valence-electron chi connectivity index (χ2n) is 6.22. The number of rotatable bonds is 6. The molecule has 1 unspecified atom stereocenters. The van der Waals surface area contributed by atoms with Crippen molar-refractivity contribution in [1.29, 1.82) is 0 Å². The highest BCUT2D eigenvalue weighted by atomic mass is 32.2. The maximum absolute atomic E-state index is 12.7. The van der Waals surface area contributed by atoms with Crippen LogP contribution in [0.2, 0.25) is 0 Å². The minimum absolute atomic E-state index is 0.0671. The number of amides is 2. The molecule has 4 heterocycles. The van der Waals surface area contributed by atoms with Crippen LogP contribution < -0.4 is 11.1 Å². The summed E-state index contributed by atoms with van der Waals surface area (Å²) in [5, 5.41) is 30.9. The van der Waals surface area contributed by atoms with Gasteiger partial charge in [0.15, 0.2) is 10.8 Å². The number of carbonyl (C=O) groups is 3. The number of nitrogen functional groups attached to an aromatic ring is 1. The van der Waals surface area contributed by atoms with Gasteiger partial charge in [0.25, 0.3) is 11.8 Å². The van der Waals surface area contributed by atoms with Gasteiger partial charge in [0.1, 0.15) is 22.8 Å². The van der Waals surface area contributed by atoms with E-state index in [4.69, 9.17) is 5.73 Å². The van der Waals surface area contributed by atoms with E-state index in [1.54, 1.807) is 17.5 Å². The number of hydrogen-bond acceptors (Lipinski definition) is 12. The van der Waals surface area contributed by atoms with Crippen LogP contribution in [0.1, 0.15) is 11.4 Å². The number of nitrogens with one attached hydrogen (secondary N) is 1. The molecule has 0 aromatic carbocycles. The van der Waals surface area contributed by atoms with Crippen LogP contribution in [0.3, 0.4) is 0 Å². The van der Waals surface area contributed by atoms with Crippen molar-refractivity contribution in [2.45, 2.75) is 11.4 Å².